The van der Waals surface area contributed by atoms with Gasteiger partial charge >= 0.3 is 0 Å². The monoisotopic (exact) mass is 387 g/mol. The fourth-order valence-electron chi connectivity index (χ4n) is 3.42. The number of benzene rings is 2. The van der Waals surface area contributed by atoms with Gasteiger partial charge in [0.15, 0.2) is 11.5 Å². The molecule has 0 N–H and O–H groups in total. The molecule has 1 fully saturated rings. The van der Waals surface area contributed by atoms with Crippen LogP contribution in [0.2, 0.25) is 0 Å². The Hall–Kier alpha value is -2.01. The van der Waals surface area contributed by atoms with Crippen LogP contribution in [-0.2, 0) is 11.2 Å². The van der Waals surface area contributed by atoms with E-state index in [0.29, 0.717) is 6.42 Å². The lowest BCUT2D eigenvalue weighted by molar-refractivity contribution is -0.131. The van der Waals surface area contributed by atoms with Crippen LogP contribution >= 0.6 is 15.9 Å². The maximum atomic E-state index is 12.8. The minimum absolute atomic E-state index is 0.166. The standard InChI is InChI=1S/C19H18BrNO3/c20-15-6-4-14(5-7-15)16-2-1-9-21(16)19(22)11-13-3-8-17-18(10-13)24-12-23-17/h3-8,10,16H,1-2,9,11-12H2/t16-/m0/s1. The summed E-state index contributed by atoms with van der Waals surface area (Å²) in [5, 5.41) is 0. The highest BCUT2D eigenvalue weighted by Gasteiger charge is 2.30. The molecule has 5 heteroatoms. The minimum atomic E-state index is 0.166. The molecule has 0 aromatic heterocycles. The van der Waals surface area contributed by atoms with Crippen LogP contribution in [0.4, 0.5) is 0 Å². The summed E-state index contributed by atoms with van der Waals surface area (Å²) >= 11 is 3.46. The van der Waals surface area contributed by atoms with Gasteiger partial charge in [-0.15, -0.1) is 0 Å². The van der Waals surface area contributed by atoms with Crippen LogP contribution in [-0.4, -0.2) is 24.1 Å². The summed E-state index contributed by atoms with van der Waals surface area (Å²) in [6.07, 6.45) is 2.46. The van der Waals surface area contributed by atoms with Gasteiger partial charge in [0.1, 0.15) is 0 Å². The lowest BCUT2D eigenvalue weighted by Gasteiger charge is -2.25. The highest BCUT2D eigenvalue weighted by atomic mass is 79.9. The number of carbonyl (C=O) groups is 1. The molecule has 2 aliphatic heterocycles. The average Bonchev–Trinajstić information content (AvgIpc) is 3.24. The largest absolute Gasteiger partial charge is 0.454 e. The van der Waals surface area contributed by atoms with Crippen LogP contribution in [0, 0.1) is 0 Å². The molecule has 1 atom stereocenters. The second-order valence-corrected chi connectivity index (χ2v) is 7.08. The molecule has 2 aromatic carbocycles. The molecular formula is C19H18BrNO3. The molecule has 24 heavy (non-hydrogen) atoms. The zero-order valence-corrected chi connectivity index (χ0v) is 14.8. The van der Waals surface area contributed by atoms with Crippen molar-refractivity contribution in [1.82, 2.24) is 4.90 Å². The number of rotatable bonds is 3. The summed E-state index contributed by atoms with van der Waals surface area (Å²) in [5.74, 6) is 1.64. The van der Waals surface area contributed by atoms with Crippen molar-refractivity contribution in [2.75, 3.05) is 13.3 Å². The van der Waals surface area contributed by atoms with Gasteiger partial charge in [0.2, 0.25) is 12.7 Å². The Labute approximate surface area is 149 Å². The van der Waals surface area contributed by atoms with Gasteiger partial charge in [-0.2, -0.15) is 0 Å². The van der Waals surface area contributed by atoms with Gasteiger partial charge in [0.05, 0.1) is 12.5 Å². The summed E-state index contributed by atoms with van der Waals surface area (Å²) in [7, 11) is 0. The van der Waals surface area contributed by atoms with E-state index in [9.17, 15) is 4.79 Å². The van der Waals surface area contributed by atoms with Crippen LogP contribution < -0.4 is 9.47 Å². The predicted molar refractivity (Wildman–Crippen MR) is 94.1 cm³/mol. The van der Waals surface area contributed by atoms with E-state index >= 15 is 0 Å². The number of carbonyl (C=O) groups excluding carboxylic acids is 1. The fourth-order valence-corrected chi connectivity index (χ4v) is 3.69. The van der Waals surface area contributed by atoms with Gasteiger partial charge in [-0.1, -0.05) is 34.1 Å². The molecule has 124 valence electrons. The topological polar surface area (TPSA) is 38.8 Å². The summed E-state index contributed by atoms with van der Waals surface area (Å²) < 4.78 is 11.8. The number of fused-ring (bicyclic) bond motifs is 1. The molecule has 2 aromatic rings. The number of ether oxygens (including phenoxy) is 2. The third-order valence-corrected chi connectivity index (χ3v) is 5.15. The van der Waals surface area contributed by atoms with Crippen LogP contribution in [0.1, 0.15) is 30.0 Å². The Bertz CT molecular complexity index is 760. The maximum Gasteiger partial charge on any atom is 0.231 e. The van der Waals surface area contributed by atoms with Crippen molar-refractivity contribution < 1.29 is 14.3 Å². The summed E-state index contributed by atoms with van der Waals surface area (Å²) in [6, 6.07) is 14.2. The van der Waals surface area contributed by atoms with E-state index in [-0.39, 0.29) is 18.7 Å². The number of likely N-dealkylation sites (tertiary alicyclic amines) is 1. The Morgan fingerprint density at radius 1 is 1.12 bits per heavy atom. The highest BCUT2D eigenvalue weighted by Crippen LogP contribution is 2.35. The van der Waals surface area contributed by atoms with Gasteiger partial charge < -0.3 is 14.4 Å². The van der Waals surface area contributed by atoms with Crippen molar-refractivity contribution in [3.8, 4) is 11.5 Å². The average molecular weight is 388 g/mol. The van der Waals surface area contributed by atoms with E-state index < -0.39 is 0 Å². The van der Waals surface area contributed by atoms with E-state index in [1.807, 2.05) is 35.2 Å². The molecule has 1 saturated heterocycles. The molecule has 4 rings (SSSR count). The van der Waals surface area contributed by atoms with E-state index in [2.05, 4.69) is 28.1 Å². The zero-order valence-electron chi connectivity index (χ0n) is 13.2. The molecule has 0 spiro atoms. The number of amides is 1. The van der Waals surface area contributed by atoms with Gasteiger partial charge in [0, 0.05) is 11.0 Å². The van der Waals surface area contributed by atoms with Gasteiger partial charge in [0.25, 0.3) is 0 Å². The van der Waals surface area contributed by atoms with Crippen molar-refractivity contribution in [1.29, 1.82) is 0 Å². The summed E-state index contributed by atoms with van der Waals surface area (Å²) in [4.78, 5) is 14.8. The predicted octanol–water partition coefficient (Wildman–Crippen LogP) is 4.08. The normalized spacial score (nSPS) is 18.9. The molecule has 1 amide bonds. The van der Waals surface area contributed by atoms with Crippen LogP contribution in [0.3, 0.4) is 0 Å². The first-order chi connectivity index (χ1) is 11.7. The van der Waals surface area contributed by atoms with Crippen molar-refractivity contribution in [3.05, 3.63) is 58.1 Å². The Morgan fingerprint density at radius 2 is 1.92 bits per heavy atom. The van der Waals surface area contributed by atoms with Gasteiger partial charge in [-0.3, -0.25) is 4.79 Å². The Morgan fingerprint density at radius 3 is 2.75 bits per heavy atom. The third kappa shape index (κ3) is 3.00. The first-order valence-corrected chi connectivity index (χ1v) is 8.93. The Kier molecular flexibility index (Phi) is 4.19. The highest BCUT2D eigenvalue weighted by molar-refractivity contribution is 9.10. The number of hydrogen-bond donors (Lipinski definition) is 0. The number of halogens is 1. The van der Waals surface area contributed by atoms with Gasteiger partial charge in [-0.05, 0) is 48.2 Å². The van der Waals surface area contributed by atoms with Crippen molar-refractivity contribution in [2.45, 2.75) is 25.3 Å². The quantitative estimate of drug-likeness (QED) is 0.795. The Balaban J connectivity index is 1.50. The zero-order chi connectivity index (χ0) is 16.5. The number of hydrogen-bond acceptors (Lipinski definition) is 3. The van der Waals surface area contributed by atoms with E-state index in [1.165, 1.54) is 5.56 Å². The molecule has 2 aliphatic rings. The smallest absolute Gasteiger partial charge is 0.231 e. The first kappa shape index (κ1) is 15.5. The fraction of sp³-hybridized carbons (Fsp3) is 0.316. The molecule has 4 nitrogen and oxygen atoms in total. The third-order valence-electron chi connectivity index (χ3n) is 4.62. The SMILES string of the molecule is O=C(Cc1ccc2c(c1)OCO2)N1CCC[C@H]1c1ccc(Br)cc1. The van der Waals surface area contributed by atoms with Crippen molar-refractivity contribution >= 4 is 21.8 Å². The minimum Gasteiger partial charge on any atom is -0.454 e. The molecular weight excluding hydrogens is 370 g/mol. The second kappa shape index (κ2) is 6.48. The second-order valence-electron chi connectivity index (χ2n) is 6.16. The van der Waals surface area contributed by atoms with Crippen LogP contribution in [0.25, 0.3) is 0 Å². The van der Waals surface area contributed by atoms with E-state index in [4.69, 9.17) is 9.47 Å². The lowest BCUT2D eigenvalue weighted by atomic mass is 10.0. The lowest BCUT2D eigenvalue weighted by Crippen LogP contribution is -2.31. The summed E-state index contributed by atoms with van der Waals surface area (Å²) in [5.41, 5.74) is 2.17. The van der Waals surface area contributed by atoms with Crippen LogP contribution in [0.5, 0.6) is 11.5 Å². The van der Waals surface area contributed by atoms with E-state index in [0.717, 1.165) is 40.9 Å². The van der Waals surface area contributed by atoms with Crippen LogP contribution in [0.15, 0.2) is 46.9 Å². The molecule has 0 saturated carbocycles. The molecule has 0 aliphatic carbocycles. The van der Waals surface area contributed by atoms with Gasteiger partial charge in [-0.25, -0.2) is 0 Å². The maximum absolute atomic E-state index is 12.8. The number of nitrogens with zero attached hydrogens (tertiary/aromatic N) is 1. The summed E-state index contributed by atoms with van der Waals surface area (Å²) in [6.45, 7) is 1.08. The van der Waals surface area contributed by atoms with Crippen molar-refractivity contribution in [3.63, 3.8) is 0 Å². The first-order valence-electron chi connectivity index (χ1n) is 8.14. The van der Waals surface area contributed by atoms with Crippen molar-refractivity contribution in [2.24, 2.45) is 0 Å². The molecule has 0 unspecified atom stereocenters. The molecule has 0 radical (unpaired) electrons. The molecule has 0 bridgehead atoms. The molecule has 2 heterocycles. The van der Waals surface area contributed by atoms with E-state index in [1.54, 1.807) is 0 Å².